The topological polar surface area (TPSA) is 55.2 Å². The number of non-ortho nitro benzene ring substituents is 1. The Bertz CT molecular complexity index is 868. The number of halogens is 2. The molecule has 24 heavy (non-hydrogen) atoms. The Balaban J connectivity index is 1.84. The lowest BCUT2D eigenvalue weighted by Gasteiger charge is -2.38. The molecule has 0 saturated carbocycles. The molecule has 0 unspecified atom stereocenters. The van der Waals surface area contributed by atoms with Gasteiger partial charge in [0.2, 0.25) is 0 Å². The molecule has 4 rings (SSSR count). The first-order chi connectivity index (χ1) is 11.6. The number of anilines is 1. The maximum Gasteiger partial charge on any atom is 0.269 e. The molecule has 1 heterocycles. The number of allylic oxidation sites excluding steroid dienone is 2. The molecule has 1 N–H and O–H groups in total. The van der Waals surface area contributed by atoms with Crippen molar-refractivity contribution < 1.29 is 4.92 Å². The molecule has 0 fully saturated rings. The molecule has 0 saturated heterocycles. The molecule has 2 aliphatic rings. The van der Waals surface area contributed by atoms with Crippen LogP contribution in [0.2, 0.25) is 5.02 Å². The summed E-state index contributed by atoms with van der Waals surface area (Å²) in [6, 6.07) is 10.8. The number of nitro benzene ring substituents is 1. The zero-order valence-corrected chi connectivity index (χ0v) is 14.9. The zero-order valence-electron chi connectivity index (χ0n) is 12.6. The van der Waals surface area contributed by atoms with Crippen LogP contribution in [0.5, 0.6) is 0 Å². The Kier molecular flexibility index (Phi) is 3.85. The maximum absolute atomic E-state index is 11.1. The Morgan fingerprint density at radius 2 is 2.08 bits per heavy atom. The van der Waals surface area contributed by atoms with Crippen molar-refractivity contribution in [2.75, 3.05) is 5.32 Å². The summed E-state index contributed by atoms with van der Waals surface area (Å²) in [5, 5.41) is 15.3. The highest BCUT2D eigenvalue weighted by atomic mass is 79.9. The third-order valence-electron chi connectivity index (χ3n) is 4.87. The van der Waals surface area contributed by atoms with Crippen LogP contribution < -0.4 is 5.32 Å². The average molecular weight is 406 g/mol. The molecule has 2 aromatic rings. The number of hydrogen-bond donors (Lipinski definition) is 1. The smallest absolute Gasteiger partial charge is 0.269 e. The number of benzene rings is 2. The van der Waals surface area contributed by atoms with Crippen LogP contribution >= 0.6 is 27.5 Å². The second kappa shape index (κ2) is 5.90. The standard InChI is InChI=1S/C18H14BrClN2O2/c19-15-6-2-5-13-11-3-1-4-12(11)17(21-18(13)15)14-9-10(22(23)24)7-8-16(14)20/h1-3,5-9,11-12,17,21H,4H2/t11-,12-,17+/m0/s1. The lowest BCUT2D eigenvalue weighted by molar-refractivity contribution is -0.384. The minimum Gasteiger partial charge on any atom is -0.377 e. The summed E-state index contributed by atoms with van der Waals surface area (Å²) in [5.74, 6) is 0.588. The Morgan fingerprint density at radius 1 is 1.25 bits per heavy atom. The Labute approximate surface area is 152 Å². The lowest BCUT2D eigenvalue weighted by atomic mass is 9.77. The van der Waals surface area contributed by atoms with Gasteiger partial charge in [0.1, 0.15) is 0 Å². The number of nitrogens with one attached hydrogen (secondary N) is 1. The first-order valence-electron chi connectivity index (χ1n) is 7.71. The minimum atomic E-state index is -0.378. The van der Waals surface area contributed by atoms with Gasteiger partial charge in [0.05, 0.1) is 16.7 Å². The van der Waals surface area contributed by atoms with Crippen LogP contribution in [-0.2, 0) is 0 Å². The van der Waals surface area contributed by atoms with Crippen molar-refractivity contribution in [2.45, 2.75) is 18.4 Å². The summed E-state index contributed by atoms with van der Waals surface area (Å²) in [6.07, 6.45) is 5.34. The van der Waals surface area contributed by atoms with E-state index in [2.05, 4.69) is 39.5 Å². The van der Waals surface area contributed by atoms with Gasteiger partial charge in [-0.25, -0.2) is 0 Å². The monoisotopic (exact) mass is 404 g/mol. The molecule has 0 radical (unpaired) electrons. The Hall–Kier alpha value is -1.85. The van der Waals surface area contributed by atoms with Crippen molar-refractivity contribution in [3.05, 3.63) is 79.3 Å². The summed E-state index contributed by atoms with van der Waals surface area (Å²) >= 11 is 10.0. The van der Waals surface area contributed by atoms with Crippen molar-refractivity contribution in [2.24, 2.45) is 5.92 Å². The van der Waals surface area contributed by atoms with Gasteiger partial charge in [-0.1, -0.05) is 35.9 Å². The van der Waals surface area contributed by atoms with E-state index in [4.69, 9.17) is 11.6 Å². The number of fused-ring (bicyclic) bond motifs is 3. The second-order valence-electron chi connectivity index (χ2n) is 6.14. The number of hydrogen-bond acceptors (Lipinski definition) is 3. The molecule has 1 aliphatic carbocycles. The van der Waals surface area contributed by atoms with Gasteiger partial charge in [0, 0.05) is 33.1 Å². The van der Waals surface area contributed by atoms with Gasteiger partial charge >= 0.3 is 0 Å². The first-order valence-corrected chi connectivity index (χ1v) is 8.89. The minimum absolute atomic E-state index is 0.0661. The lowest BCUT2D eigenvalue weighted by Crippen LogP contribution is -2.29. The van der Waals surface area contributed by atoms with Crippen molar-refractivity contribution in [1.82, 2.24) is 0 Å². The molecule has 0 spiro atoms. The zero-order chi connectivity index (χ0) is 16.8. The van der Waals surface area contributed by atoms with E-state index in [0.29, 0.717) is 16.9 Å². The largest absolute Gasteiger partial charge is 0.377 e. The fourth-order valence-corrected chi connectivity index (χ4v) is 4.51. The third kappa shape index (κ3) is 2.43. The molecule has 122 valence electrons. The predicted molar refractivity (Wildman–Crippen MR) is 98.6 cm³/mol. The molecule has 3 atom stereocenters. The predicted octanol–water partition coefficient (Wildman–Crippen LogP) is 5.84. The van der Waals surface area contributed by atoms with E-state index >= 15 is 0 Å². The third-order valence-corrected chi connectivity index (χ3v) is 5.88. The summed E-state index contributed by atoms with van der Waals surface area (Å²) in [4.78, 5) is 10.8. The molecular formula is C18H14BrClN2O2. The van der Waals surface area contributed by atoms with Gasteiger partial charge in [0.15, 0.2) is 0 Å². The van der Waals surface area contributed by atoms with Crippen LogP contribution in [-0.4, -0.2) is 4.92 Å². The van der Waals surface area contributed by atoms with Crippen molar-refractivity contribution >= 4 is 38.9 Å². The molecule has 0 aromatic heterocycles. The van der Waals surface area contributed by atoms with Crippen LogP contribution in [0, 0.1) is 16.0 Å². The van der Waals surface area contributed by atoms with Gasteiger partial charge in [-0.15, -0.1) is 0 Å². The number of nitro groups is 1. The van der Waals surface area contributed by atoms with Crippen LogP contribution in [0.3, 0.4) is 0 Å². The van der Waals surface area contributed by atoms with E-state index in [-0.39, 0.29) is 16.7 Å². The maximum atomic E-state index is 11.1. The highest BCUT2D eigenvalue weighted by molar-refractivity contribution is 9.10. The molecule has 0 amide bonds. The van der Waals surface area contributed by atoms with E-state index in [1.54, 1.807) is 12.1 Å². The summed E-state index contributed by atoms with van der Waals surface area (Å²) in [5.41, 5.74) is 3.14. The van der Waals surface area contributed by atoms with Gasteiger partial charge < -0.3 is 5.32 Å². The van der Waals surface area contributed by atoms with E-state index in [0.717, 1.165) is 22.1 Å². The molecule has 2 aromatic carbocycles. The summed E-state index contributed by atoms with van der Waals surface area (Å²) < 4.78 is 0.991. The molecule has 1 aliphatic heterocycles. The SMILES string of the molecule is O=[N+]([O-])c1ccc(Cl)c([C@@H]2Nc3c(Br)cccc3[C@H]3C=CC[C@@H]32)c1. The fourth-order valence-electron chi connectivity index (χ4n) is 3.77. The Morgan fingerprint density at radius 3 is 2.88 bits per heavy atom. The molecule has 6 heteroatoms. The quantitative estimate of drug-likeness (QED) is 0.388. The van der Waals surface area contributed by atoms with Crippen LogP contribution in [0.15, 0.2) is 53.0 Å². The van der Waals surface area contributed by atoms with Crippen molar-refractivity contribution in [3.63, 3.8) is 0 Å². The first kappa shape index (κ1) is 15.7. The highest BCUT2D eigenvalue weighted by Crippen LogP contribution is 2.52. The summed E-state index contributed by atoms with van der Waals surface area (Å²) in [7, 11) is 0. The second-order valence-corrected chi connectivity index (χ2v) is 7.40. The number of nitrogens with zero attached hydrogens (tertiary/aromatic N) is 1. The van der Waals surface area contributed by atoms with Crippen LogP contribution in [0.4, 0.5) is 11.4 Å². The van der Waals surface area contributed by atoms with E-state index < -0.39 is 0 Å². The fraction of sp³-hybridized carbons (Fsp3) is 0.222. The highest BCUT2D eigenvalue weighted by Gasteiger charge is 2.39. The normalized spacial score (nSPS) is 24.2. The van der Waals surface area contributed by atoms with Gasteiger partial charge in [0.25, 0.3) is 5.69 Å². The molecule has 0 bridgehead atoms. The molecular weight excluding hydrogens is 392 g/mol. The number of rotatable bonds is 2. The molecule has 4 nitrogen and oxygen atoms in total. The van der Waals surface area contributed by atoms with Crippen molar-refractivity contribution in [1.29, 1.82) is 0 Å². The van der Waals surface area contributed by atoms with Gasteiger partial charge in [-0.3, -0.25) is 10.1 Å². The van der Waals surface area contributed by atoms with Crippen LogP contribution in [0.25, 0.3) is 0 Å². The van der Waals surface area contributed by atoms with Crippen LogP contribution in [0.1, 0.15) is 29.5 Å². The van der Waals surface area contributed by atoms with Crippen molar-refractivity contribution in [3.8, 4) is 0 Å². The van der Waals surface area contributed by atoms with E-state index in [9.17, 15) is 10.1 Å². The van der Waals surface area contributed by atoms with E-state index in [1.807, 2.05) is 12.1 Å². The van der Waals surface area contributed by atoms with E-state index in [1.165, 1.54) is 11.6 Å². The average Bonchev–Trinajstić information content (AvgIpc) is 3.05. The van der Waals surface area contributed by atoms with Gasteiger partial charge in [-0.05, 0) is 46.0 Å². The number of para-hydroxylation sites is 1. The van der Waals surface area contributed by atoms with Gasteiger partial charge in [-0.2, -0.15) is 0 Å². The summed E-state index contributed by atoms with van der Waals surface area (Å²) in [6.45, 7) is 0.